The molecule has 0 N–H and O–H groups in total. The van der Waals surface area contributed by atoms with E-state index in [1.165, 1.54) is 25.3 Å². The topological polar surface area (TPSA) is 96.7 Å². The molecule has 0 saturated carbocycles. The predicted octanol–water partition coefficient (Wildman–Crippen LogP) is 2.27. The number of nitriles is 1. The Balaban J connectivity index is 2.15. The predicted molar refractivity (Wildman–Crippen MR) is 83.5 cm³/mol. The van der Waals surface area contributed by atoms with Crippen molar-refractivity contribution in [1.29, 1.82) is 5.26 Å². The highest BCUT2D eigenvalue weighted by Gasteiger charge is 2.42. The number of benzene rings is 2. The fraction of sp³-hybridized carbons (Fsp3) is 0.125. The number of rotatable bonds is 3. The van der Waals surface area contributed by atoms with E-state index in [2.05, 4.69) is 0 Å². The number of ether oxygens (including phenoxy) is 2. The van der Waals surface area contributed by atoms with Crippen LogP contribution in [0.2, 0.25) is 0 Å². The molecule has 0 aliphatic carbocycles. The largest absolute Gasteiger partial charge is 0.491 e. The van der Waals surface area contributed by atoms with Crippen molar-refractivity contribution in [2.75, 3.05) is 14.2 Å². The third-order valence-electron chi connectivity index (χ3n) is 3.64. The van der Waals surface area contributed by atoms with Gasteiger partial charge in [-0.1, -0.05) is 0 Å². The number of sulfonamides is 1. The molecule has 1 aliphatic heterocycles. The standard InChI is InChI=1S/C16H11FN2O5S/c1-19-16(20)12-3-4-13(14(23-2)15(12)25(19,21)22)24-11-6-9(8-18)5-10(17)7-11/h3-7H,1-2H3. The van der Waals surface area contributed by atoms with E-state index in [9.17, 15) is 17.6 Å². The van der Waals surface area contributed by atoms with Crippen LogP contribution < -0.4 is 9.47 Å². The maximum Gasteiger partial charge on any atom is 0.271 e. The first-order valence-electron chi connectivity index (χ1n) is 6.92. The maximum absolute atomic E-state index is 13.5. The Kier molecular flexibility index (Phi) is 3.85. The van der Waals surface area contributed by atoms with E-state index in [4.69, 9.17) is 14.7 Å². The van der Waals surface area contributed by atoms with Crippen LogP contribution in [0.4, 0.5) is 4.39 Å². The Morgan fingerprint density at radius 1 is 1.24 bits per heavy atom. The number of methoxy groups -OCH3 is 1. The molecule has 1 heterocycles. The van der Waals surface area contributed by atoms with Crippen molar-refractivity contribution in [3.05, 3.63) is 47.3 Å². The van der Waals surface area contributed by atoms with Crippen LogP contribution in [0.25, 0.3) is 0 Å². The average molecular weight is 362 g/mol. The van der Waals surface area contributed by atoms with Gasteiger partial charge in [0.25, 0.3) is 15.9 Å². The second kappa shape index (κ2) is 5.75. The Labute approximate surface area is 142 Å². The molecule has 0 unspecified atom stereocenters. The van der Waals surface area contributed by atoms with Gasteiger partial charge in [-0.05, 0) is 24.3 Å². The van der Waals surface area contributed by atoms with Gasteiger partial charge in [0, 0.05) is 13.1 Å². The van der Waals surface area contributed by atoms with Crippen LogP contribution in [0.3, 0.4) is 0 Å². The van der Waals surface area contributed by atoms with Gasteiger partial charge in [-0.3, -0.25) is 4.79 Å². The molecule has 0 bridgehead atoms. The molecule has 1 amide bonds. The van der Waals surface area contributed by atoms with E-state index in [-0.39, 0.29) is 33.3 Å². The van der Waals surface area contributed by atoms with Crippen molar-refractivity contribution in [3.8, 4) is 23.3 Å². The van der Waals surface area contributed by atoms with Gasteiger partial charge in [-0.25, -0.2) is 17.1 Å². The van der Waals surface area contributed by atoms with Crippen molar-refractivity contribution < 1.29 is 27.1 Å². The number of hydrogen-bond acceptors (Lipinski definition) is 6. The Morgan fingerprint density at radius 3 is 2.60 bits per heavy atom. The van der Waals surface area contributed by atoms with E-state index in [0.717, 1.165) is 19.2 Å². The number of amides is 1. The Hall–Kier alpha value is -3.12. The van der Waals surface area contributed by atoms with E-state index < -0.39 is 21.7 Å². The van der Waals surface area contributed by atoms with Gasteiger partial charge >= 0.3 is 0 Å². The lowest BCUT2D eigenvalue weighted by molar-refractivity contribution is 0.0891. The molecule has 0 spiro atoms. The summed E-state index contributed by atoms with van der Waals surface area (Å²) >= 11 is 0. The fourth-order valence-corrected chi connectivity index (χ4v) is 3.91. The summed E-state index contributed by atoms with van der Waals surface area (Å²) in [5.41, 5.74) is 0.00122. The van der Waals surface area contributed by atoms with Crippen LogP contribution in [0.1, 0.15) is 15.9 Å². The van der Waals surface area contributed by atoms with Crippen LogP contribution in [-0.2, 0) is 10.0 Å². The molecule has 0 aromatic heterocycles. The van der Waals surface area contributed by atoms with Crippen LogP contribution in [0.5, 0.6) is 17.2 Å². The molecule has 3 rings (SSSR count). The highest BCUT2D eigenvalue weighted by molar-refractivity contribution is 7.90. The first kappa shape index (κ1) is 16.7. The van der Waals surface area contributed by atoms with Gasteiger partial charge in [0.1, 0.15) is 16.5 Å². The number of carbonyl (C=O) groups is 1. The van der Waals surface area contributed by atoms with Crippen molar-refractivity contribution in [1.82, 2.24) is 4.31 Å². The summed E-state index contributed by atoms with van der Waals surface area (Å²) < 4.78 is 49.6. The molecule has 0 radical (unpaired) electrons. The van der Waals surface area contributed by atoms with Crippen LogP contribution in [0.15, 0.2) is 35.2 Å². The zero-order chi connectivity index (χ0) is 18.4. The van der Waals surface area contributed by atoms with Crippen molar-refractivity contribution in [2.24, 2.45) is 0 Å². The molecule has 9 heteroatoms. The summed E-state index contributed by atoms with van der Waals surface area (Å²) in [6.45, 7) is 0. The van der Waals surface area contributed by atoms with E-state index in [0.29, 0.717) is 4.31 Å². The first-order chi connectivity index (χ1) is 11.8. The lowest BCUT2D eigenvalue weighted by atomic mass is 10.2. The molecule has 2 aromatic rings. The SMILES string of the molecule is COc1c(Oc2cc(F)cc(C#N)c2)ccc2c1S(=O)(=O)N(C)C2=O. The molecule has 0 saturated heterocycles. The summed E-state index contributed by atoms with van der Waals surface area (Å²) in [5.74, 6) is -1.57. The minimum absolute atomic E-state index is 0.00937. The molecule has 2 aromatic carbocycles. The van der Waals surface area contributed by atoms with Gasteiger partial charge in [-0.2, -0.15) is 5.26 Å². The van der Waals surface area contributed by atoms with Gasteiger partial charge in [0.15, 0.2) is 11.5 Å². The second-order valence-corrected chi connectivity index (χ2v) is 7.05. The summed E-state index contributed by atoms with van der Waals surface area (Å²) in [4.78, 5) is 11.7. The highest BCUT2D eigenvalue weighted by Crippen LogP contribution is 2.43. The first-order valence-corrected chi connectivity index (χ1v) is 8.36. The van der Waals surface area contributed by atoms with E-state index in [1.54, 1.807) is 6.07 Å². The number of hydrogen-bond donors (Lipinski definition) is 0. The Morgan fingerprint density at radius 2 is 1.96 bits per heavy atom. The lowest BCUT2D eigenvalue weighted by Crippen LogP contribution is -2.24. The summed E-state index contributed by atoms with van der Waals surface area (Å²) in [6.07, 6.45) is 0. The number of fused-ring (bicyclic) bond motifs is 1. The van der Waals surface area contributed by atoms with Crippen LogP contribution in [-0.4, -0.2) is 32.8 Å². The minimum atomic E-state index is -4.06. The summed E-state index contributed by atoms with van der Waals surface area (Å²) in [7, 11) is -1.69. The molecular formula is C16H11FN2O5S. The molecule has 128 valence electrons. The molecule has 0 atom stereocenters. The molecule has 25 heavy (non-hydrogen) atoms. The van der Waals surface area contributed by atoms with Crippen LogP contribution >= 0.6 is 0 Å². The van der Waals surface area contributed by atoms with Crippen LogP contribution in [0, 0.1) is 17.1 Å². The zero-order valence-corrected chi connectivity index (χ0v) is 13.9. The van der Waals surface area contributed by atoms with Gasteiger partial charge in [0.2, 0.25) is 0 Å². The fourth-order valence-electron chi connectivity index (χ4n) is 2.47. The molecule has 0 fully saturated rings. The lowest BCUT2D eigenvalue weighted by Gasteiger charge is -2.13. The number of carbonyl (C=O) groups excluding carboxylic acids is 1. The molecule has 1 aliphatic rings. The van der Waals surface area contributed by atoms with Gasteiger partial charge in [-0.15, -0.1) is 0 Å². The Bertz CT molecular complexity index is 1040. The number of halogens is 1. The smallest absolute Gasteiger partial charge is 0.271 e. The van der Waals surface area contributed by atoms with Gasteiger partial charge in [0.05, 0.1) is 24.3 Å². The maximum atomic E-state index is 13.5. The monoisotopic (exact) mass is 362 g/mol. The third kappa shape index (κ3) is 2.56. The zero-order valence-electron chi connectivity index (χ0n) is 13.1. The van der Waals surface area contributed by atoms with Gasteiger partial charge < -0.3 is 9.47 Å². The molecule has 7 nitrogen and oxygen atoms in total. The summed E-state index contributed by atoms with van der Waals surface area (Å²) in [5, 5.41) is 8.89. The summed E-state index contributed by atoms with van der Waals surface area (Å²) in [6, 6.07) is 7.80. The highest BCUT2D eigenvalue weighted by atomic mass is 32.2. The molecular weight excluding hydrogens is 351 g/mol. The van der Waals surface area contributed by atoms with E-state index >= 15 is 0 Å². The average Bonchev–Trinajstić information content (AvgIpc) is 2.75. The van der Waals surface area contributed by atoms with E-state index in [1.807, 2.05) is 0 Å². The third-order valence-corrected chi connectivity index (χ3v) is 5.45. The second-order valence-electron chi connectivity index (χ2n) is 5.14. The van der Waals surface area contributed by atoms with Crippen molar-refractivity contribution in [3.63, 3.8) is 0 Å². The number of nitrogens with zero attached hydrogens (tertiary/aromatic N) is 2. The minimum Gasteiger partial charge on any atom is -0.491 e. The quantitative estimate of drug-likeness (QED) is 0.831. The van der Waals surface area contributed by atoms with Crippen molar-refractivity contribution in [2.45, 2.75) is 4.90 Å². The normalized spacial score (nSPS) is 14.8. The van der Waals surface area contributed by atoms with Crippen molar-refractivity contribution >= 4 is 15.9 Å².